The van der Waals surface area contributed by atoms with E-state index in [2.05, 4.69) is 16.0 Å². The van der Waals surface area contributed by atoms with Gasteiger partial charge in [0, 0.05) is 44.6 Å². The minimum absolute atomic E-state index is 0.0117. The number of benzene rings is 3. The molecule has 0 aliphatic carbocycles. The van der Waals surface area contributed by atoms with Crippen molar-refractivity contribution in [3.8, 4) is 6.07 Å². The standard InChI is InChI=1S/C34H31ClN6O3S2/c1-25-3-2-4-31(19-25)46(43,44)41(23-30-21-37-24-40(30)22-27-7-5-26(20-36)6-8-27)29-11-9-28(10-12-29)38-15-17-39(18-16-38)34(42)32-13-14-33(35)45-32/h2-14,19,21,24H,15-18,22-23H2,1H3. The zero-order valence-corrected chi connectivity index (χ0v) is 27.5. The van der Waals surface area contributed by atoms with Crippen LogP contribution < -0.4 is 9.21 Å². The van der Waals surface area contributed by atoms with Crippen LogP contribution in [0.5, 0.6) is 0 Å². The van der Waals surface area contributed by atoms with Crippen LogP contribution in [0, 0.1) is 18.3 Å². The molecule has 46 heavy (non-hydrogen) atoms. The summed E-state index contributed by atoms with van der Waals surface area (Å²) in [5, 5.41) is 9.14. The van der Waals surface area contributed by atoms with Crippen LogP contribution in [0.3, 0.4) is 0 Å². The third kappa shape index (κ3) is 6.79. The average Bonchev–Trinajstić information content (AvgIpc) is 3.72. The number of nitrogens with zero attached hydrogens (tertiary/aromatic N) is 6. The molecule has 0 bridgehead atoms. The largest absolute Gasteiger partial charge is 0.368 e. The highest BCUT2D eigenvalue weighted by atomic mass is 35.5. The Morgan fingerprint density at radius 3 is 2.39 bits per heavy atom. The highest BCUT2D eigenvalue weighted by Crippen LogP contribution is 2.30. The highest BCUT2D eigenvalue weighted by molar-refractivity contribution is 7.92. The number of carbonyl (C=O) groups excluding carboxylic acids is 1. The lowest BCUT2D eigenvalue weighted by Gasteiger charge is -2.36. The molecule has 1 aliphatic rings. The molecule has 6 rings (SSSR count). The lowest BCUT2D eigenvalue weighted by Crippen LogP contribution is -2.48. The van der Waals surface area contributed by atoms with Gasteiger partial charge in [0.1, 0.15) is 0 Å². The smallest absolute Gasteiger partial charge is 0.264 e. The van der Waals surface area contributed by atoms with Crippen molar-refractivity contribution < 1.29 is 13.2 Å². The number of anilines is 2. The maximum atomic E-state index is 14.2. The van der Waals surface area contributed by atoms with Crippen molar-refractivity contribution in [2.75, 3.05) is 35.4 Å². The van der Waals surface area contributed by atoms with Crippen LogP contribution in [0.4, 0.5) is 11.4 Å². The Bertz CT molecular complexity index is 1990. The maximum absolute atomic E-state index is 14.2. The number of sulfonamides is 1. The van der Waals surface area contributed by atoms with Gasteiger partial charge in [-0.05, 0) is 78.7 Å². The molecule has 1 saturated heterocycles. The first-order valence-corrected chi connectivity index (χ1v) is 17.3. The van der Waals surface area contributed by atoms with E-state index in [1.807, 2.05) is 58.9 Å². The van der Waals surface area contributed by atoms with Gasteiger partial charge < -0.3 is 14.4 Å². The van der Waals surface area contributed by atoms with Gasteiger partial charge in [-0.1, -0.05) is 35.9 Å². The third-order valence-electron chi connectivity index (χ3n) is 7.97. The molecule has 1 fully saturated rings. The van der Waals surface area contributed by atoms with Gasteiger partial charge >= 0.3 is 0 Å². The molecular formula is C34H31ClN6O3S2. The van der Waals surface area contributed by atoms with Gasteiger partial charge in [0.15, 0.2) is 0 Å². The van der Waals surface area contributed by atoms with Crippen LogP contribution in [-0.2, 0) is 23.1 Å². The molecule has 1 amide bonds. The molecule has 0 saturated carbocycles. The van der Waals surface area contributed by atoms with Crippen LogP contribution in [0.15, 0.2) is 102 Å². The van der Waals surface area contributed by atoms with E-state index < -0.39 is 10.0 Å². The van der Waals surface area contributed by atoms with Crippen molar-refractivity contribution in [1.82, 2.24) is 14.5 Å². The number of aromatic nitrogens is 2. The first-order chi connectivity index (χ1) is 22.2. The predicted octanol–water partition coefficient (Wildman–Crippen LogP) is 6.18. The minimum Gasteiger partial charge on any atom is -0.368 e. The number of imidazole rings is 1. The van der Waals surface area contributed by atoms with E-state index in [1.54, 1.807) is 55.0 Å². The summed E-state index contributed by atoms with van der Waals surface area (Å²) in [4.78, 5) is 22.1. The first kappa shape index (κ1) is 31.4. The molecule has 12 heteroatoms. The SMILES string of the molecule is Cc1cccc(S(=O)(=O)N(Cc2cncn2Cc2ccc(C#N)cc2)c2ccc(N3CCN(C(=O)c4ccc(Cl)s4)CC3)cc2)c1. The molecule has 0 spiro atoms. The monoisotopic (exact) mass is 670 g/mol. The second kappa shape index (κ2) is 13.4. The van der Waals surface area contributed by atoms with Gasteiger partial charge in [0.2, 0.25) is 0 Å². The predicted molar refractivity (Wildman–Crippen MR) is 181 cm³/mol. The molecule has 234 valence electrons. The number of nitriles is 1. The number of halogens is 1. The van der Waals surface area contributed by atoms with Crippen molar-refractivity contribution in [3.63, 3.8) is 0 Å². The molecule has 0 radical (unpaired) electrons. The van der Waals surface area contributed by atoms with Crippen LogP contribution >= 0.6 is 22.9 Å². The Hall–Kier alpha value is -4.63. The Morgan fingerprint density at radius 1 is 1.00 bits per heavy atom. The van der Waals surface area contributed by atoms with E-state index in [0.717, 1.165) is 22.5 Å². The van der Waals surface area contributed by atoms with E-state index in [1.165, 1.54) is 15.6 Å². The van der Waals surface area contributed by atoms with E-state index >= 15 is 0 Å². The Balaban J connectivity index is 1.23. The Kier molecular flexibility index (Phi) is 9.12. The van der Waals surface area contributed by atoms with Crippen LogP contribution in [0.1, 0.15) is 32.1 Å². The molecule has 0 unspecified atom stereocenters. The second-order valence-corrected chi connectivity index (χ2v) is 14.6. The number of piperazine rings is 1. The normalized spacial score (nSPS) is 13.4. The quantitative estimate of drug-likeness (QED) is 0.186. The summed E-state index contributed by atoms with van der Waals surface area (Å²) in [6.07, 6.45) is 3.37. The van der Waals surface area contributed by atoms with Gasteiger partial charge in [-0.2, -0.15) is 5.26 Å². The number of aryl methyl sites for hydroxylation is 1. The highest BCUT2D eigenvalue weighted by Gasteiger charge is 2.28. The summed E-state index contributed by atoms with van der Waals surface area (Å²) in [5.41, 5.74) is 4.59. The van der Waals surface area contributed by atoms with Crippen molar-refractivity contribution >= 4 is 50.2 Å². The number of hydrogen-bond acceptors (Lipinski definition) is 7. The van der Waals surface area contributed by atoms with Crippen LogP contribution in [0.2, 0.25) is 4.34 Å². The molecule has 9 nitrogen and oxygen atoms in total. The van der Waals surface area contributed by atoms with Gasteiger partial charge in [-0.3, -0.25) is 9.10 Å². The van der Waals surface area contributed by atoms with E-state index in [9.17, 15) is 13.2 Å². The summed E-state index contributed by atoms with van der Waals surface area (Å²) in [6.45, 7) is 4.88. The molecule has 0 atom stereocenters. The lowest BCUT2D eigenvalue weighted by atomic mass is 10.1. The van der Waals surface area contributed by atoms with Gasteiger partial charge in [-0.25, -0.2) is 13.4 Å². The molecule has 3 heterocycles. The number of hydrogen-bond donors (Lipinski definition) is 0. The van der Waals surface area contributed by atoms with E-state index in [0.29, 0.717) is 53.2 Å². The fraction of sp³-hybridized carbons (Fsp3) is 0.206. The molecule has 1 aliphatic heterocycles. The summed E-state index contributed by atoms with van der Waals surface area (Å²) >= 11 is 7.31. The zero-order chi connectivity index (χ0) is 32.3. The molecule has 2 aromatic heterocycles. The first-order valence-electron chi connectivity index (χ1n) is 14.7. The fourth-order valence-corrected chi connectivity index (χ4v) is 8.00. The molecule has 3 aromatic carbocycles. The number of rotatable bonds is 9. The Labute approximate surface area is 277 Å². The van der Waals surface area contributed by atoms with Gasteiger partial charge in [0.25, 0.3) is 15.9 Å². The van der Waals surface area contributed by atoms with Gasteiger partial charge in [-0.15, -0.1) is 11.3 Å². The average molecular weight is 671 g/mol. The molecule has 5 aromatic rings. The number of thiophene rings is 1. The van der Waals surface area contributed by atoms with Gasteiger partial charge in [0.05, 0.1) is 50.0 Å². The summed E-state index contributed by atoms with van der Waals surface area (Å²) in [6, 6.07) is 27.3. The number of amides is 1. The van der Waals surface area contributed by atoms with Crippen LogP contribution in [-0.4, -0.2) is 55.0 Å². The maximum Gasteiger partial charge on any atom is 0.264 e. The third-order valence-corrected chi connectivity index (χ3v) is 11.0. The van der Waals surface area contributed by atoms with Crippen molar-refractivity contribution in [1.29, 1.82) is 5.26 Å². The summed E-state index contributed by atoms with van der Waals surface area (Å²) in [7, 11) is -3.94. The number of carbonyl (C=O) groups is 1. The minimum atomic E-state index is -3.94. The van der Waals surface area contributed by atoms with E-state index in [4.69, 9.17) is 16.9 Å². The van der Waals surface area contributed by atoms with Crippen molar-refractivity contribution in [2.24, 2.45) is 0 Å². The zero-order valence-electron chi connectivity index (χ0n) is 25.1. The molecule has 0 N–H and O–H groups in total. The second-order valence-electron chi connectivity index (χ2n) is 11.0. The summed E-state index contributed by atoms with van der Waals surface area (Å²) < 4.78 is 32.3. The summed E-state index contributed by atoms with van der Waals surface area (Å²) in [5.74, 6) is -0.0117. The van der Waals surface area contributed by atoms with Crippen molar-refractivity contribution in [3.05, 3.63) is 129 Å². The van der Waals surface area contributed by atoms with Crippen molar-refractivity contribution in [2.45, 2.75) is 24.9 Å². The van der Waals surface area contributed by atoms with Crippen LogP contribution in [0.25, 0.3) is 0 Å². The fourth-order valence-electron chi connectivity index (χ4n) is 5.45. The topological polar surface area (TPSA) is 103 Å². The Morgan fingerprint density at radius 2 is 1.74 bits per heavy atom. The lowest BCUT2D eigenvalue weighted by molar-refractivity contribution is 0.0751. The molecular weight excluding hydrogens is 640 g/mol. The van der Waals surface area contributed by atoms with E-state index in [-0.39, 0.29) is 17.3 Å².